The number of carbonyl (C=O) groups is 2. The van der Waals surface area contributed by atoms with Gasteiger partial charge in [0.05, 0.1) is 5.56 Å². The number of amides is 2. The molecule has 1 aromatic heterocycles. The van der Waals surface area contributed by atoms with E-state index in [4.69, 9.17) is 0 Å². The Labute approximate surface area is 170 Å². The Balaban J connectivity index is 1.58. The Morgan fingerprint density at radius 1 is 1.14 bits per heavy atom. The zero-order valence-corrected chi connectivity index (χ0v) is 16.8. The molecule has 3 rings (SSSR count). The highest BCUT2D eigenvalue weighted by Crippen LogP contribution is 2.17. The van der Waals surface area contributed by atoms with Gasteiger partial charge in [-0.3, -0.25) is 9.59 Å². The van der Waals surface area contributed by atoms with Crippen LogP contribution in [0.3, 0.4) is 0 Å². The summed E-state index contributed by atoms with van der Waals surface area (Å²) in [4.78, 5) is 31.7. The van der Waals surface area contributed by atoms with Crippen molar-refractivity contribution in [3.63, 3.8) is 0 Å². The smallest absolute Gasteiger partial charge is 0.254 e. The number of rotatable bonds is 7. The molecule has 2 heterocycles. The maximum atomic E-state index is 13.8. The van der Waals surface area contributed by atoms with Crippen LogP contribution < -0.4 is 15.5 Å². The Bertz CT molecular complexity index is 848. The van der Waals surface area contributed by atoms with Crippen molar-refractivity contribution in [3.05, 3.63) is 59.5 Å². The van der Waals surface area contributed by atoms with Gasteiger partial charge in [-0.15, -0.1) is 0 Å². The molecule has 0 radical (unpaired) electrons. The van der Waals surface area contributed by atoms with Gasteiger partial charge in [-0.25, -0.2) is 9.37 Å². The number of hydrogen-bond acceptors (Lipinski definition) is 4. The van der Waals surface area contributed by atoms with E-state index in [1.54, 1.807) is 12.3 Å². The van der Waals surface area contributed by atoms with Crippen LogP contribution >= 0.6 is 0 Å². The molecule has 1 saturated heterocycles. The number of benzene rings is 1. The summed E-state index contributed by atoms with van der Waals surface area (Å²) in [6.07, 6.45) is 4.14. The third-order valence-electron chi connectivity index (χ3n) is 5.06. The Kier molecular flexibility index (Phi) is 6.80. The fourth-order valence-corrected chi connectivity index (χ4v) is 3.35. The maximum absolute atomic E-state index is 13.8. The first-order valence-corrected chi connectivity index (χ1v) is 9.98. The summed E-state index contributed by atoms with van der Waals surface area (Å²) in [5, 5.41) is 5.48. The minimum absolute atomic E-state index is 0.0762. The van der Waals surface area contributed by atoms with Gasteiger partial charge < -0.3 is 15.5 Å². The highest BCUT2D eigenvalue weighted by Gasteiger charge is 2.25. The van der Waals surface area contributed by atoms with Crippen LogP contribution in [0.5, 0.6) is 0 Å². The lowest BCUT2D eigenvalue weighted by atomic mass is 10.0. The third kappa shape index (κ3) is 5.31. The van der Waals surface area contributed by atoms with E-state index in [1.807, 2.05) is 26.0 Å². The molecule has 2 amide bonds. The number of nitrogens with one attached hydrogen (secondary N) is 2. The van der Waals surface area contributed by atoms with E-state index in [0.29, 0.717) is 6.54 Å². The molecular formula is C22H27FN4O2. The van der Waals surface area contributed by atoms with Crippen LogP contribution in [0.4, 0.5) is 10.2 Å². The van der Waals surface area contributed by atoms with Crippen molar-refractivity contribution in [2.24, 2.45) is 5.92 Å². The molecule has 0 spiro atoms. The largest absolute Gasteiger partial charge is 0.357 e. The standard InChI is InChI=1S/C22H27FN4O2/c1-15(2)20(26-21(28)17-7-3-4-8-18(17)23)22(29)25-14-16-9-10-19(24-13-16)27-11-5-6-12-27/h3-4,7-10,13,15,20H,5-6,11-12,14H2,1-2H3,(H,25,29)(H,26,28). The van der Waals surface area contributed by atoms with Crippen LogP contribution in [0.1, 0.15) is 42.6 Å². The summed E-state index contributed by atoms with van der Waals surface area (Å²) in [6.45, 7) is 6.03. The van der Waals surface area contributed by atoms with Gasteiger partial charge in [0.2, 0.25) is 5.91 Å². The Morgan fingerprint density at radius 3 is 2.48 bits per heavy atom. The number of nitrogens with zero attached hydrogens (tertiary/aromatic N) is 2. The fourth-order valence-electron chi connectivity index (χ4n) is 3.35. The van der Waals surface area contributed by atoms with Gasteiger partial charge in [0, 0.05) is 25.8 Å². The molecule has 2 N–H and O–H groups in total. The number of carbonyl (C=O) groups excluding carboxylic acids is 2. The molecule has 1 atom stereocenters. The van der Waals surface area contributed by atoms with E-state index in [2.05, 4.69) is 20.5 Å². The van der Waals surface area contributed by atoms with Crippen LogP contribution in [0.15, 0.2) is 42.6 Å². The average Bonchev–Trinajstić information content (AvgIpc) is 3.25. The molecule has 1 aromatic carbocycles. The van der Waals surface area contributed by atoms with Crippen molar-refractivity contribution >= 4 is 17.6 Å². The Hall–Kier alpha value is -2.96. The van der Waals surface area contributed by atoms with Gasteiger partial charge in [0.25, 0.3) is 5.91 Å². The first-order valence-electron chi connectivity index (χ1n) is 9.98. The van der Waals surface area contributed by atoms with Gasteiger partial charge in [0.1, 0.15) is 17.7 Å². The Morgan fingerprint density at radius 2 is 1.86 bits per heavy atom. The van der Waals surface area contributed by atoms with Gasteiger partial charge in [-0.1, -0.05) is 32.0 Å². The molecule has 0 saturated carbocycles. The minimum Gasteiger partial charge on any atom is -0.357 e. The van der Waals surface area contributed by atoms with Crippen LogP contribution in [-0.4, -0.2) is 35.9 Å². The highest BCUT2D eigenvalue weighted by atomic mass is 19.1. The molecule has 1 aliphatic heterocycles. The van der Waals surface area contributed by atoms with E-state index in [9.17, 15) is 14.0 Å². The summed E-state index contributed by atoms with van der Waals surface area (Å²) in [5.41, 5.74) is 0.803. The van der Waals surface area contributed by atoms with Crippen molar-refractivity contribution in [2.45, 2.75) is 39.3 Å². The number of halogens is 1. The molecule has 7 heteroatoms. The van der Waals surface area contributed by atoms with Gasteiger partial charge in [0.15, 0.2) is 0 Å². The maximum Gasteiger partial charge on any atom is 0.254 e. The monoisotopic (exact) mass is 398 g/mol. The molecule has 1 unspecified atom stereocenters. The van der Waals surface area contributed by atoms with E-state index in [-0.39, 0.29) is 17.4 Å². The van der Waals surface area contributed by atoms with Gasteiger partial charge in [-0.2, -0.15) is 0 Å². The van der Waals surface area contributed by atoms with Crippen LogP contribution in [-0.2, 0) is 11.3 Å². The quantitative estimate of drug-likeness (QED) is 0.752. The zero-order chi connectivity index (χ0) is 20.8. The molecule has 0 bridgehead atoms. The van der Waals surface area contributed by atoms with Crippen molar-refractivity contribution in [2.75, 3.05) is 18.0 Å². The lowest BCUT2D eigenvalue weighted by Gasteiger charge is -2.22. The average molecular weight is 398 g/mol. The summed E-state index contributed by atoms with van der Waals surface area (Å²) in [7, 11) is 0. The SMILES string of the molecule is CC(C)C(NC(=O)c1ccccc1F)C(=O)NCc1ccc(N2CCCC2)nc1. The molecular weight excluding hydrogens is 371 g/mol. The van der Waals surface area contributed by atoms with Crippen molar-refractivity contribution in [3.8, 4) is 0 Å². The predicted molar refractivity (Wildman–Crippen MR) is 110 cm³/mol. The molecule has 2 aromatic rings. The van der Waals surface area contributed by atoms with E-state index >= 15 is 0 Å². The van der Waals surface area contributed by atoms with Crippen molar-refractivity contribution in [1.29, 1.82) is 0 Å². The second kappa shape index (κ2) is 9.49. The molecule has 1 aliphatic rings. The summed E-state index contributed by atoms with van der Waals surface area (Å²) in [5.74, 6) is -0.727. The third-order valence-corrected chi connectivity index (χ3v) is 5.06. The topological polar surface area (TPSA) is 74.3 Å². The molecule has 154 valence electrons. The zero-order valence-electron chi connectivity index (χ0n) is 16.8. The second-order valence-corrected chi connectivity index (χ2v) is 7.61. The van der Waals surface area contributed by atoms with Gasteiger partial charge >= 0.3 is 0 Å². The van der Waals surface area contributed by atoms with E-state index in [0.717, 1.165) is 24.5 Å². The second-order valence-electron chi connectivity index (χ2n) is 7.61. The number of anilines is 1. The van der Waals surface area contributed by atoms with Crippen LogP contribution in [0.2, 0.25) is 0 Å². The molecule has 1 fully saturated rings. The molecule has 0 aliphatic carbocycles. The number of aromatic nitrogens is 1. The minimum atomic E-state index is -0.765. The summed E-state index contributed by atoms with van der Waals surface area (Å²) >= 11 is 0. The van der Waals surface area contributed by atoms with E-state index < -0.39 is 17.8 Å². The fraction of sp³-hybridized carbons (Fsp3) is 0.409. The lowest BCUT2D eigenvalue weighted by molar-refractivity contribution is -0.124. The van der Waals surface area contributed by atoms with E-state index in [1.165, 1.54) is 31.0 Å². The predicted octanol–water partition coefficient (Wildman–Crippen LogP) is 2.89. The highest BCUT2D eigenvalue weighted by molar-refractivity contribution is 5.97. The first kappa shape index (κ1) is 20.8. The molecule has 29 heavy (non-hydrogen) atoms. The summed E-state index contributed by atoms with van der Waals surface area (Å²) < 4.78 is 13.8. The van der Waals surface area contributed by atoms with Gasteiger partial charge in [-0.05, 0) is 42.5 Å². The number of pyridine rings is 1. The normalized spacial score (nSPS) is 14.7. The van der Waals surface area contributed by atoms with Crippen molar-refractivity contribution in [1.82, 2.24) is 15.6 Å². The number of hydrogen-bond donors (Lipinski definition) is 2. The van der Waals surface area contributed by atoms with Crippen LogP contribution in [0.25, 0.3) is 0 Å². The summed E-state index contributed by atoms with van der Waals surface area (Å²) in [6, 6.07) is 8.86. The lowest BCUT2D eigenvalue weighted by Crippen LogP contribution is -2.49. The van der Waals surface area contributed by atoms with Crippen LogP contribution in [0, 0.1) is 11.7 Å². The molecule has 6 nitrogen and oxygen atoms in total. The first-order chi connectivity index (χ1) is 14.0. The van der Waals surface area contributed by atoms with Crippen molar-refractivity contribution < 1.29 is 14.0 Å².